The molecule has 7 heteroatoms. The summed E-state index contributed by atoms with van der Waals surface area (Å²) in [6.07, 6.45) is 10.2. The summed E-state index contributed by atoms with van der Waals surface area (Å²) in [5.74, 6) is 0.0402. The van der Waals surface area contributed by atoms with Crippen LogP contribution in [0.5, 0.6) is 0 Å². The maximum atomic E-state index is 12.9. The smallest absolute Gasteiger partial charge is 0.360 e. The second-order valence-corrected chi connectivity index (χ2v) is 7.99. The zero-order valence-corrected chi connectivity index (χ0v) is 17.0. The zero-order valence-electron chi connectivity index (χ0n) is 17.0. The van der Waals surface area contributed by atoms with Crippen LogP contribution in [0.3, 0.4) is 0 Å². The molecule has 0 spiro atoms. The molecule has 0 amide bonds. The van der Waals surface area contributed by atoms with Gasteiger partial charge >= 0.3 is 5.97 Å². The van der Waals surface area contributed by atoms with Gasteiger partial charge in [-0.2, -0.15) is 0 Å². The van der Waals surface area contributed by atoms with Crippen LogP contribution in [0.25, 0.3) is 0 Å². The van der Waals surface area contributed by atoms with Crippen LogP contribution in [-0.2, 0) is 52.6 Å². The van der Waals surface area contributed by atoms with Crippen molar-refractivity contribution < 1.29 is 14.3 Å². The maximum absolute atomic E-state index is 12.9. The molecule has 152 valence electrons. The van der Waals surface area contributed by atoms with Crippen LogP contribution in [0, 0.1) is 0 Å². The molecule has 5 rings (SSSR count). The van der Waals surface area contributed by atoms with Crippen LogP contribution >= 0.6 is 0 Å². The van der Waals surface area contributed by atoms with Gasteiger partial charge in [0.1, 0.15) is 6.54 Å². The van der Waals surface area contributed by atoms with Gasteiger partial charge in [-0.05, 0) is 67.7 Å². The van der Waals surface area contributed by atoms with E-state index in [-0.39, 0.29) is 13.2 Å². The first kappa shape index (κ1) is 18.2. The topological polar surface area (TPSA) is 77.7 Å². The maximum Gasteiger partial charge on any atom is 0.360 e. The lowest BCUT2D eigenvalue weighted by Gasteiger charge is -2.26. The van der Waals surface area contributed by atoms with Crippen molar-refractivity contribution in [2.75, 3.05) is 18.5 Å². The largest absolute Gasteiger partial charge is 0.463 e. The third-order valence-electron chi connectivity index (χ3n) is 6.21. The van der Waals surface area contributed by atoms with Gasteiger partial charge in [0.15, 0.2) is 5.82 Å². The Morgan fingerprint density at radius 1 is 1.24 bits per heavy atom. The van der Waals surface area contributed by atoms with Gasteiger partial charge in [0, 0.05) is 25.1 Å². The molecule has 1 aliphatic heterocycles. The summed E-state index contributed by atoms with van der Waals surface area (Å²) in [6.45, 7) is 2.21. The molecule has 2 heterocycles. The molecule has 29 heavy (non-hydrogen) atoms. The van der Waals surface area contributed by atoms with Crippen LogP contribution in [0.4, 0.5) is 5.69 Å². The minimum atomic E-state index is -1.35. The highest BCUT2D eigenvalue weighted by atomic mass is 16.6. The summed E-state index contributed by atoms with van der Waals surface area (Å²) in [6, 6.07) is 2.76. The number of aromatic nitrogens is 2. The molecule has 0 radical (unpaired) electrons. The van der Waals surface area contributed by atoms with E-state index >= 15 is 0 Å². The number of ether oxygens (including phenoxy) is 2. The van der Waals surface area contributed by atoms with Gasteiger partial charge in [0.2, 0.25) is 0 Å². The van der Waals surface area contributed by atoms with Crippen molar-refractivity contribution in [1.29, 1.82) is 0 Å². The number of rotatable bonds is 4. The minimum absolute atomic E-state index is 0.149. The number of anilines is 1. The standard InChI is InChI=1S/C22H26N4O3/c1-3-28-20(27)22(19-23-10-11-26(19)2)13-24-21(29-22)25-18-16-8-4-6-14(16)12-15-7-5-9-17(15)18/h10-12H,3-9,13H2,1-2H3,(H,24,25). The van der Waals surface area contributed by atoms with E-state index in [1.807, 2.05) is 7.05 Å². The number of imidazole rings is 1. The SMILES string of the molecule is CCOC(=O)C1(c2nccn2C)CN=C(Nc2c3c(cc4c2CCC4)CCC3)O1. The Hall–Kier alpha value is -2.83. The number of fused-ring (bicyclic) bond motifs is 2. The second-order valence-electron chi connectivity index (χ2n) is 7.99. The molecule has 2 aromatic rings. The predicted molar refractivity (Wildman–Crippen MR) is 109 cm³/mol. The Morgan fingerprint density at radius 3 is 2.59 bits per heavy atom. The third kappa shape index (κ3) is 2.82. The number of carbonyl (C=O) groups is 1. The van der Waals surface area contributed by atoms with Crippen molar-refractivity contribution in [2.45, 2.75) is 51.0 Å². The first-order valence-corrected chi connectivity index (χ1v) is 10.4. The highest BCUT2D eigenvalue weighted by Crippen LogP contribution is 2.40. The van der Waals surface area contributed by atoms with Crippen molar-refractivity contribution in [1.82, 2.24) is 9.55 Å². The van der Waals surface area contributed by atoms with E-state index in [4.69, 9.17) is 9.47 Å². The van der Waals surface area contributed by atoms with Crippen molar-refractivity contribution in [3.63, 3.8) is 0 Å². The molecule has 0 fully saturated rings. The highest BCUT2D eigenvalue weighted by molar-refractivity contribution is 5.96. The van der Waals surface area contributed by atoms with Gasteiger partial charge in [-0.1, -0.05) is 6.07 Å². The van der Waals surface area contributed by atoms with Crippen LogP contribution in [-0.4, -0.2) is 34.7 Å². The summed E-state index contributed by atoms with van der Waals surface area (Å²) >= 11 is 0. The summed E-state index contributed by atoms with van der Waals surface area (Å²) in [4.78, 5) is 21.8. The number of nitrogens with one attached hydrogen (secondary N) is 1. The predicted octanol–water partition coefficient (Wildman–Crippen LogP) is 2.65. The summed E-state index contributed by atoms with van der Waals surface area (Å²) in [7, 11) is 1.84. The van der Waals surface area contributed by atoms with Gasteiger partial charge in [-0.3, -0.25) is 0 Å². The molecule has 1 unspecified atom stereocenters. The normalized spacial score (nSPS) is 22.1. The number of aliphatic imine (C=N–C) groups is 1. The van der Waals surface area contributed by atoms with E-state index in [0.717, 1.165) is 31.4 Å². The van der Waals surface area contributed by atoms with Crippen LogP contribution in [0.15, 0.2) is 23.5 Å². The molecule has 2 aliphatic carbocycles. The molecular formula is C22H26N4O3. The van der Waals surface area contributed by atoms with Crippen molar-refractivity contribution >= 4 is 17.7 Å². The molecule has 7 nitrogen and oxygen atoms in total. The number of amidine groups is 1. The molecular weight excluding hydrogens is 368 g/mol. The van der Waals surface area contributed by atoms with Crippen LogP contribution < -0.4 is 5.32 Å². The van der Waals surface area contributed by atoms with E-state index in [2.05, 4.69) is 21.4 Å². The first-order chi connectivity index (χ1) is 14.1. The minimum Gasteiger partial charge on any atom is -0.463 e. The van der Waals surface area contributed by atoms with E-state index in [1.165, 1.54) is 35.1 Å². The lowest BCUT2D eigenvalue weighted by molar-refractivity contribution is -0.162. The van der Waals surface area contributed by atoms with Gasteiger partial charge < -0.3 is 19.4 Å². The van der Waals surface area contributed by atoms with E-state index in [9.17, 15) is 4.79 Å². The summed E-state index contributed by atoms with van der Waals surface area (Å²) in [5.41, 5.74) is 5.42. The lowest BCUT2D eigenvalue weighted by atomic mass is 9.99. The fraction of sp³-hybridized carbons (Fsp3) is 0.500. The molecule has 3 aliphatic rings. The van der Waals surface area contributed by atoms with Crippen molar-refractivity contribution in [3.8, 4) is 0 Å². The highest BCUT2D eigenvalue weighted by Gasteiger charge is 2.52. The second kappa shape index (κ2) is 6.90. The Balaban J connectivity index is 1.48. The average Bonchev–Trinajstić information content (AvgIpc) is 3.48. The third-order valence-corrected chi connectivity index (χ3v) is 6.21. The van der Waals surface area contributed by atoms with Gasteiger partial charge in [0.05, 0.1) is 6.61 Å². The molecule has 1 aromatic carbocycles. The number of hydrogen-bond donors (Lipinski definition) is 1. The molecule has 1 aromatic heterocycles. The number of esters is 1. The number of benzene rings is 1. The number of nitrogens with zero attached hydrogens (tertiary/aromatic N) is 3. The fourth-order valence-corrected chi connectivity index (χ4v) is 4.87. The summed E-state index contributed by atoms with van der Waals surface area (Å²) < 4.78 is 13.3. The Labute approximate surface area is 170 Å². The number of hydrogen-bond acceptors (Lipinski definition) is 6. The van der Waals surface area contributed by atoms with Crippen molar-refractivity contribution in [2.24, 2.45) is 12.0 Å². The van der Waals surface area contributed by atoms with E-state index in [0.29, 0.717) is 11.8 Å². The molecule has 1 atom stereocenters. The molecule has 0 saturated carbocycles. The van der Waals surface area contributed by atoms with Crippen molar-refractivity contribution in [3.05, 3.63) is 46.5 Å². The summed E-state index contributed by atoms with van der Waals surface area (Å²) in [5, 5.41) is 3.46. The Morgan fingerprint density at radius 2 is 1.97 bits per heavy atom. The number of carbonyl (C=O) groups excluding carboxylic acids is 1. The lowest BCUT2D eigenvalue weighted by Crippen LogP contribution is -2.43. The molecule has 0 bridgehead atoms. The van der Waals surface area contributed by atoms with E-state index < -0.39 is 11.6 Å². The van der Waals surface area contributed by atoms with Gasteiger partial charge in [0.25, 0.3) is 11.6 Å². The first-order valence-electron chi connectivity index (χ1n) is 10.4. The Bertz CT molecular complexity index is 977. The van der Waals surface area contributed by atoms with E-state index in [1.54, 1.807) is 23.9 Å². The zero-order chi connectivity index (χ0) is 20.0. The number of aryl methyl sites for hydroxylation is 3. The Kier molecular flexibility index (Phi) is 4.33. The molecule has 0 saturated heterocycles. The van der Waals surface area contributed by atoms with Crippen LogP contribution in [0.2, 0.25) is 0 Å². The quantitative estimate of drug-likeness (QED) is 0.807. The fourth-order valence-electron chi connectivity index (χ4n) is 4.87. The molecule has 1 N–H and O–H groups in total. The van der Waals surface area contributed by atoms with Crippen LogP contribution in [0.1, 0.15) is 47.8 Å². The monoisotopic (exact) mass is 394 g/mol. The van der Waals surface area contributed by atoms with Gasteiger partial charge in [-0.25, -0.2) is 14.8 Å². The van der Waals surface area contributed by atoms with Gasteiger partial charge in [-0.15, -0.1) is 0 Å². The average molecular weight is 394 g/mol.